The zero-order valence-corrected chi connectivity index (χ0v) is 11.1. The Morgan fingerprint density at radius 1 is 1.58 bits per heavy atom. The van der Waals surface area contributed by atoms with Crippen molar-refractivity contribution in [2.45, 2.75) is 32.4 Å². The molecule has 5 nitrogen and oxygen atoms in total. The Kier molecular flexibility index (Phi) is 2.79. The Hall–Kier alpha value is -2.22. The number of aromatic nitrogens is 2. The molecule has 1 aliphatic carbocycles. The van der Waals surface area contributed by atoms with Gasteiger partial charge in [0.15, 0.2) is 0 Å². The minimum atomic E-state index is 0.493. The lowest BCUT2D eigenvalue weighted by atomic mass is 10.2. The van der Waals surface area contributed by atoms with Gasteiger partial charge in [-0.05, 0) is 31.9 Å². The number of hydrogen-bond donors (Lipinski definition) is 0. The Balaban J connectivity index is 1.99. The summed E-state index contributed by atoms with van der Waals surface area (Å²) in [4.78, 5) is 2.23. The van der Waals surface area contributed by atoms with Gasteiger partial charge in [-0.3, -0.25) is 4.68 Å². The molecule has 98 valence electrons. The second-order valence-corrected chi connectivity index (χ2v) is 4.96. The van der Waals surface area contributed by atoms with Crippen LogP contribution in [0.4, 0.5) is 5.82 Å². The van der Waals surface area contributed by atoms with Gasteiger partial charge >= 0.3 is 0 Å². The van der Waals surface area contributed by atoms with E-state index < -0.39 is 0 Å². The summed E-state index contributed by atoms with van der Waals surface area (Å²) in [6.07, 6.45) is 4.01. The average molecular weight is 256 g/mol. The Morgan fingerprint density at radius 3 is 2.95 bits per heavy atom. The van der Waals surface area contributed by atoms with E-state index in [1.807, 2.05) is 26.1 Å². The molecule has 0 aromatic carbocycles. The van der Waals surface area contributed by atoms with E-state index in [9.17, 15) is 5.26 Å². The lowest BCUT2D eigenvalue weighted by molar-refractivity contribution is 0.498. The molecule has 0 saturated heterocycles. The van der Waals surface area contributed by atoms with Crippen molar-refractivity contribution in [2.24, 2.45) is 7.05 Å². The van der Waals surface area contributed by atoms with Gasteiger partial charge in [0.05, 0.1) is 18.5 Å². The number of nitrogens with zero attached hydrogens (tertiary/aromatic N) is 4. The molecule has 5 heteroatoms. The average Bonchev–Trinajstić information content (AvgIpc) is 3.02. The summed E-state index contributed by atoms with van der Waals surface area (Å²) >= 11 is 0. The number of aryl methyl sites for hydroxylation is 2. The number of anilines is 1. The van der Waals surface area contributed by atoms with Crippen LogP contribution in [0, 0.1) is 18.3 Å². The molecule has 2 aromatic heterocycles. The topological polar surface area (TPSA) is 58.0 Å². The summed E-state index contributed by atoms with van der Waals surface area (Å²) in [6, 6.07) is 6.62. The third-order valence-electron chi connectivity index (χ3n) is 3.47. The lowest BCUT2D eigenvalue weighted by Crippen LogP contribution is -2.27. The van der Waals surface area contributed by atoms with Crippen LogP contribution in [0.25, 0.3) is 0 Å². The number of furan rings is 1. The summed E-state index contributed by atoms with van der Waals surface area (Å²) < 4.78 is 7.23. The summed E-state index contributed by atoms with van der Waals surface area (Å²) in [5.41, 5.74) is 1.45. The molecule has 0 bridgehead atoms. The fraction of sp³-hybridized carbons (Fsp3) is 0.429. The maximum Gasteiger partial charge on any atom is 0.145 e. The molecular weight excluding hydrogens is 240 g/mol. The summed E-state index contributed by atoms with van der Waals surface area (Å²) in [5.74, 6) is 1.81. The molecule has 1 aliphatic rings. The van der Waals surface area contributed by atoms with Gasteiger partial charge in [0.25, 0.3) is 0 Å². The molecule has 0 unspecified atom stereocenters. The van der Waals surface area contributed by atoms with Crippen LogP contribution in [0.15, 0.2) is 22.8 Å². The molecule has 0 atom stereocenters. The summed E-state index contributed by atoms with van der Waals surface area (Å²) in [6.45, 7) is 2.56. The van der Waals surface area contributed by atoms with Crippen molar-refractivity contribution >= 4 is 5.82 Å². The molecule has 0 radical (unpaired) electrons. The normalized spacial score (nSPS) is 14.4. The monoisotopic (exact) mass is 256 g/mol. The fourth-order valence-electron chi connectivity index (χ4n) is 2.44. The van der Waals surface area contributed by atoms with Crippen LogP contribution in [0.1, 0.15) is 29.9 Å². The van der Waals surface area contributed by atoms with Crippen molar-refractivity contribution in [3.8, 4) is 6.07 Å². The molecule has 0 amide bonds. The molecule has 3 rings (SSSR count). The molecule has 2 aromatic rings. The van der Waals surface area contributed by atoms with Crippen LogP contribution >= 0.6 is 0 Å². The maximum absolute atomic E-state index is 9.34. The highest BCUT2D eigenvalue weighted by molar-refractivity contribution is 5.58. The second kappa shape index (κ2) is 4.47. The van der Waals surface area contributed by atoms with Crippen molar-refractivity contribution in [3.05, 3.63) is 35.4 Å². The van der Waals surface area contributed by atoms with Crippen LogP contribution < -0.4 is 4.90 Å². The Morgan fingerprint density at radius 2 is 2.37 bits per heavy atom. The van der Waals surface area contributed by atoms with Crippen molar-refractivity contribution in [2.75, 3.05) is 4.90 Å². The first-order chi connectivity index (χ1) is 9.20. The third-order valence-corrected chi connectivity index (χ3v) is 3.47. The van der Waals surface area contributed by atoms with Gasteiger partial charge in [0.2, 0.25) is 0 Å². The van der Waals surface area contributed by atoms with Crippen molar-refractivity contribution in [1.29, 1.82) is 5.26 Å². The summed E-state index contributed by atoms with van der Waals surface area (Å²) in [5, 5.41) is 13.7. The molecule has 19 heavy (non-hydrogen) atoms. The van der Waals surface area contributed by atoms with Gasteiger partial charge in [-0.25, -0.2) is 0 Å². The van der Waals surface area contributed by atoms with Crippen molar-refractivity contribution in [3.63, 3.8) is 0 Å². The minimum absolute atomic E-state index is 0.493. The van der Waals surface area contributed by atoms with Gasteiger partial charge in [0.1, 0.15) is 23.2 Å². The van der Waals surface area contributed by atoms with E-state index in [4.69, 9.17) is 4.42 Å². The van der Waals surface area contributed by atoms with Gasteiger partial charge in [0, 0.05) is 13.1 Å². The Bertz CT molecular complexity index is 617. The Labute approximate surface area is 112 Å². The maximum atomic E-state index is 9.34. The standard InChI is InChI=1S/C14H16N4O/c1-10-13(8-15)14(17(2)16-10)18(11-5-6-11)9-12-4-3-7-19-12/h3-4,7,11H,5-6,9H2,1-2H3. The zero-order chi connectivity index (χ0) is 13.4. The van der Waals surface area contributed by atoms with Crippen LogP contribution in [0.2, 0.25) is 0 Å². The van der Waals surface area contributed by atoms with Gasteiger partial charge < -0.3 is 9.32 Å². The fourth-order valence-corrected chi connectivity index (χ4v) is 2.44. The first-order valence-electron chi connectivity index (χ1n) is 6.43. The number of hydrogen-bond acceptors (Lipinski definition) is 4. The molecule has 1 fully saturated rings. The van der Waals surface area contributed by atoms with Crippen molar-refractivity contribution < 1.29 is 4.42 Å². The third kappa shape index (κ3) is 2.10. The number of rotatable bonds is 4. The smallest absolute Gasteiger partial charge is 0.145 e. The lowest BCUT2D eigenvalue weighted by Gasteiger charge is -2.23. The van der Waals surface area contributed by atoms with E-state index in [0.717, 1.165) is 30.1 Å². The largest absolute Gasteiger partial charge is 0.467 e. The van der Waals surface area contributed by atoms with E-state index >= 15 is 0 Å². The van der Waals surface area contributed by atoms with Crippen LogP contribution in [0.3, 0.4) is 0 Å². The zero-order valence-electron chi connectivity index (χ0n) is 11.1. The van der Waals surface area contributed by atoms with E-state index in [1.165, 1.54) is 0 Å². The molecule has 0 aliphatic heterocycles. The molecule has 1 saturated carbocycles. The predicted octanol–water partition coefficient (Wildman–Crippen LogP) is 2.36. The van der Waals surface area contributed by atoms with Gasteiger partial charge in [-0.1, -0.05) is 0 Å². The highest BCUT2D eigenvalue weighted by Gasteiger charge is 2.33. The highest BCUT2D eigenvalue weighted by Crippen LogP contribution is 2.35. The molecular formula is C14H16N4O. The number of nitriles is 1. The summed E-state index contributed by atoms with van der Waals surface area (Å²) in [7, 11) is 1.89. The molecule has 0 spiro atoms. The van der Waals surface area contributed by atoms with Crippen LogP contribution in [-0.4, -0.2) is 15.8 Å². The minimum Gasteiger partial charge on any atom is -0.467 e. The van der Waals surface area contributed by atoms with E-state index in [-0.39, 0.29) is 0 Å². The van der Waals surface area contributed by atoms with Crippen molar-refractivity contribution in [1.82, 2.24) is 9.78 Å². The van der Waals surface area contributed by atoms with Crippen LogP contribution in [-0.2, 0) is 13.6 Å². The predicted molar refractivity (Wildman–Crippen MR) is 70.6 cm³/mol. The second-order valence-electron chi connectivity index (χ2n) is 4.96. The quantitative estimate of drug-likeness (QED) is 0.842. The van der Waals surface area contributed by atoms with E-state index in [0.29, 0.717) is 18.2 Å². The highest BCUT2D eigenvalue weighted by atomic mass is 16.3. The first kappa shape index (κ1) is 11.8. The van der Waals surface area contributed by atoms with Crippen LogP contribution in [0.5, 0.6) is 0 Å². The van der Waals surface area contributed by atoms with E-state index in [1.54, 1.807) is 10.9 Å². The molecule has 0 N–H and O–H groups in total. The van der Waals surface area contributed by atoms with Gasteiger partial charge in [-0.2, -0.15) is 10.4 Å². The first-order valence-corrected chi connectivity index (χ1v) is 6.43. The SMILES string of the molecule is Cc1nn(C)c(N(Cc2ccco2)C2CC2)c1C#N. The molecule has 2 heterocycles. The van der Waals surface area contributed by atoms with Gasteiger partial charge in [-0.15, -0.1) is 0 Å². The van der Waals surface area contributed by atoms with E-state index in [2.05, 4.69) is 16.1 Å².